The highest BCUT2D eigenvalue weighted by molar-refractivity contribution is 5.91. The molecule has 4 rings (SSSR count). The first-order valence-electron chi connectivity index (χ1n) is 10.2. The van der Waals surface area contributed by atoms with Crippen LogP contribution in [0.2, 0.25) is 0 Å². The van der Waals surface area contributed by atoms with Gasteiger partial charge in [-0.2, -0.15) is 0 Å². The lowest BCUT2D eigenvalue weighted by Crippen LogP contribution is -2.09. The normalized spacial score (nSPS) is 12.3. The molecule has 0 unspecified atom stereocenters. The Kier molecular flexibility index (Phi) is 5.22. The minimum Gasteiger partial charge on any atom is -0.508 e. The number of fused-ring (bicyclic) bond motifs is 1. The van der Waals surface area contributed by atoms with Gasteiger partial charge in [-0.05, 0) is 53.5 Å². The molecule has 3 aromatic carbocycles. The van der Waals surface area contributed by atoms with Gasteiger partial charge in [0.1, 0.15) is 28.7 Å². The fraction of sp³-hybridized carbons (Fsp3) is 0.154. The maximum atomic E-state index is 10.5. The van der Waals surface area contributed by atoms with Crippen LogP contribution < -0.4 is 0 Å². The number of para-hydroxylation sites is 2. The third-order valence-corrected chi connectivity index (χ3v) is 5.19. The minimum absolute atomic E-state index is 0.0280. The van der Waals surface area contributed by atoms with Gasteiger partial charge in [0.2, 0.25) is 0 Å². The van der Waals surface area contributed by atoms with Gasteiger partial charge in [0.25, 0.3) is 0 Å². The van der Waals surface area contributed by atoms with E-state index >= 15 is 0 Å². The Bertz CT molecular complexity index is 1350. The van der Waals surface area contributed by atoms with Crippen LogP contribution in [0.4, 0.5) is 0 Å². The van der Waals surface area contributed by atoms with Gasteiger partial charge in [0, 0.05) is 23.3 Å². The van der Waals surface area contributed by atoms with Crippen molar-refractivity contribution in [3.63, 3.8) is 0 Å². The zero-order chi connectivity index (χ0) is 23.0. The molecule has 0 aliphatic carbocycles. The van der Waals surface area contributed by atoms with Crippen molar-refractivity contribution < 1.29 is 20.4 Å². The lowest BCUT2D eigenvalue weighted by atomic mass is 9.81. The molecule has 4 N–H and O–H groups in total. The lowest BCUT2D eigenvalue weighted by Gasteiger charge is -2.25. The Balaban J connectivity index is 2.03. The van der Waals surface area contributed by atoms with E-state index < -0.39 is 5.41 Å². The molecule has 6 heteroatoms. The van der Waals surface area contributed by atoms with Gasteiger partial charge in [-0.25, -0.2) is 9.97 Å². The van der Waals surface area contributed by atoms with Crippen LogP contribution in [0.1, 0.15) is 32.0 Å². The van der Waals surface area contributed by atoms with Crippen molar-refractivity contribution in [2.45, 2.75) is 20.8 Å². The summed E-state index contributed by atoms with van der Waals surface area (Å²) >= 11 is 0. The van der Waals surface area contributed by atoms with Crippen molar-refractivity contribution in [3.05, 3.63) is 71.9 Å². The fourth-order valence-corrected chi connectivity index (χ4v) is 3.62. The second-order valence-electron chi connectivity index (χ2n) is 8.66. The zero-order valence-electron chi connectivity index (χ0n) is 18.0. The van der Waals surface area contributed by atoms with Crippen LogP contribution in [0.25, 0.3) is 33.9 Å². The summed E-state index contributed by atoms with van der Waals surface area (Å²) < 4.78 is 0. The first kappa shape index (κ1) is 21.2. The van der Waals surface area contributed by atoms with Gasteiger partial charge in [0.15, 0.2) is 0 Å². The number of phenolic OH excluding ortho intramolecular Hbond substituents is 4. The van der Waals surface area contributed by atoms with Gasteiger partial charge < -0.3 is 20.4 Å². The van der Waals surface area contributed by atoms with Gasteiger partial charge in [-0.3, -0.25) is 0 Å². The summed E-state index contributed by atoms with van der Waals surface area (Å²) in [6, 6.07) is 16.2. The van der Waals surface area contributed by atoms with Crippen molar-refractivity contribution in [3.8, 4) is 34.3 Å². The molecule has 0 saturated heterocycles. The monoisotopic (exact) mass is 428 g/mol. The molecule has 0 radical (unpaired) electrons. The molecule has 4 aromatic rings. The average molecular weight is 428 g/mol. The number of rotatable bonds is 3. The fourth-order valence-electron chi connectivity index (χ4n) is 3.62. The number of allylic oxidation sites excluding steroid dienone is 1. The summed E-state index contributed by atoms with van der Waals surface area (Å²) in [7, 11) is 0. The second kappa shape index (κ2) is 7.89. The van der Waals surface area contributed by atoms with Crippen LogP contribution in [0.3, 0.4) is 0 Å². The van der Waals surface area contributed by atoms with Gasteiger partial charge >= 0.3 is 0 Å². The van der Waals surface area contributed by atoms with Crippen LogP contribution in [0, 0.1) is 5.41 Å². The number of nitrogens with zero attached hydrogens (tertiary/aromatic N) is 2. The van der Waals surface area contributed by atoms with Crippen molar-refractivity contribution >= 4 is 22.7 Å². The molecule has 6 nitrogen and oxygen atoms in total. The van der Waals surface area contributed by atoms with Crippen LogP contribution in [0.15, 0.2) is 60.7 Å². The molecule has 1 heterocycles. The van der Waals surface area contributed by atoms with Crippen LogP contribution >= 0.6 is 0 Å². The molecular weight excluding hydrogens is 404 g/mol. The summed E-state index contributed by atoms with van der Waals surface area (Å²) in [6.07, 6.45) is 1.84. The highest BCUT2D eigenvalue weighted by atomic mass is 16.3. The smallest absolute Gasteiger partial charge is 0.128 e. The van der Waals surface area contributed by atoms with Crippen molar-refractivity contribution in [2.75, 3.05) is 0 Å². The first-order chi connectivity index (χ1) is 15.1. The maximum absolute atomic E-state index is 10.5. The van der Waals surface area contributed by atoms with E-state index in [-0.39, 0.29) is 23.0 Å². The van der Waals surface area contributed by atoms with E-state index in [2.05, 4.69) is 0 Å². The Morgan fingerprint density at radius 1 is 0.750 bits per heavy atom. The highest BCUT2D eigenvalue weighted by Gasteiger charge is 2.23. The predicted octanol–water partition coefficient (Wildman–Crippen LogP) is 5.71. The molecule has 0 fully saturated rings. The molecule has 0 spiro atoms. The van der Waals surface area contributed by atoms with E-state index in [9.17, 15) is 20.4 Å². The van der Waals surface area contributed by atoms with Gasteiger partial charge in [0.05, 0.1) is 16.7 Å². The number of hydrogen-bond donors (Lipinski definition) is 4. The van der Waals surface area contributed by atoms with E-state index in [1.54, 1.807) is 12.1 Å². The molecule has 0 bridgehead atoms. The standard InChI is InChI=1S/C26H24N2O4/c1-26(2,3)19(17-10-8-15(29)12-23(17)31)14-22-25(18-11-9-16(30)13-24(18)32)28-21-7-5-4-6-20(21)27-22/h4-14,29-32H,1-3H3/b19-14+. The number of phenols is 4. The van der Waals surface area contributed by atoms with E-state index in [1.807, 2.05) is 51.1 Å². The molecule has 1 aromatic heterocycles. The largest absolute Gasteiger partial charge is 0.508 e. The zero-order valence-corrected chi connectivity index (χ0v) is 18.0. The minimum atomic E-state index is -0.393. The second-order valence-corrected chi connectivity index (χ2v) is 8.66. The summed E-state index contributed by atoms with van der Waals surface area (Å²) in [4.78, 5) is 9.55. The van der Waals surface area contributed by atoms with Crippen molar-refractivity contribution in [2.24, 2.45) is 5.41 Å². The number of aromatic hydroxyl groups is 4. The van der Waals surface area contributed by atoms with Gasteiger partial charge in [-0.1, -0.05) is 32.9 Å². The quantitative estimate of drug-likeness (QED) is 0.333. The molecule has 0 amide bonds. The predicted molar refractivity (Wildman–Crippen MR) is 125 cm³/mol. The summed E-state index contributed by atoms with van der Waals surface area (Å²) in [5.41, 5.74) is 3.67. The third-order valence-electron chi connectivity index (χ3n) is 5.19. The van der Waals surface area contributed by atoms with Gasteiger partial charge in [-0.15, -0.1) is 0 Å². The Morgan fingerprint density at radius 3 is 1.94 bits per heavy atom. The van der Waals surface area contributed by atoms with Crippen LogP contribution in [-0.4, -0.2) is 30.4 Å². The average Bonchev–Trinajstić information content (AvgIpc) is 2.71. The molecular formula is C26H24N2O4. The molecule has 162 valence electrons. The molecule has 0 aliphatic heterocycles. The third kappa shape index (κ3) is 4.07. The number of aromatic nitrogens is 2. The molecule has 0 atom stereocenters. The van der Waals surface area contributed by atoms with E-state index in [1.165, 1.54) is 24.3 Å². The Hall–Kier alpha value is -4.06. The SMILES string of the molecule is CC(C)(C)/C(=C/c1nc2ccccc2nc1-c1ccc(O)cc1O)c1ccc(O)cc1O. The number of hydrogen-bond acceptors (Lipinski definition) is 6. The van der Waals surface area contributed by atoms with E-state index in [0.29, 0.717) is 33.5 Å². The Morgan fingerprint density at radius 2 is 1.34 bits per heavy atom. The lowest BCUT2D eigenvalue weighted by molar-refractivity contribution is 0.447. The topological polar surface area (TPSA) is 107 Å². The first-order valence-corrected chi connectivity index (χ1v) is 10.2. The van der Waals surface area contributed by atoms with E-state index in [4.69, 9.17) is 9.97 Å². The van der Waals surface area contributed by atoms with Crippen molar-refractivity contribution in [1.82, 2.24) is 9.97 Å². The number of benzene rings is 3. The Labute approximate surface area is 185 Å². The summed E-state index contributed by atoms with van der Waals surface area (Å²) in [5.74, 6) is -0.246. The maximum Gasteiger partial charge on any atom is 0.128 e. The van der Waals surface area contributed by atoms with E-state index in [0.717, 1.165) is 5.57 Å². The summed E-state index contributed by atoms with van der Waals surface area (Å²) in [5, 5.41) is 40.5. The van der Waals surface area contributed by atoms with Crippen LogP contribution in [-0.2, 0) is 0 Å². The highest BCUT2D eigenvalue weighted by Crippen LogP contribution is 2.42. The molecule has 32 heavy (non-hydrogen) atoms. The molecule has 0 saturated carbocycles. The van der Waals surface area contributed by atoms with Crippen LogP contribution in [0.5, 0.6) is 23.0 Å². The summed E-state index contributed by atoms with van der Waals surface area (Å²) in [6.45, 7) is 6.03. The van der Waals surface area contributed by atoms with Crippen molar-refractivity contribution in [1.29, 1.82) is 0 Å². The molecule has 0 aliphatic rings.